The first-order valence-corrected chi connectivity index (χ1v) is 8.20. The fourth-order valence-corrected chi connectivity index (χ4v) is 2.95. The molecule has 0 atom stereocenters. The molecule has 27 heavy (non-hydrogen) atoms. The lowest BCUT2D eigenvalue weighted by Gasteiger charge is -2.09. The average molecular weight is 366 g/mol. The van der Waals surface area contributed by atoms with Crippen molar-refractivity contribution in [1.29, 1.82) is 0 Å². The lowest BCUT2D eigenvalue weighted by Crippen LogP contribution is -1.94. The maximum Gasteiger partial charge on any atom is 0.122 e. The van der Waals surface area contributed by atoms with Crippen LogP contribution in [0.1, 0.15) is 19.4 Å². The predicted octanol–water partition coefficient (Wildman–Crippen LogP) is 3.64. The van der Waals surface area contributed by atoms with Crippen LogP contribution < -0.4 is 9.47 Å². The summed E-state index contributed by atoms with van der Waals surface area (Å²) >= 11 is 0. The van der Waals surface area contributed by atoms with E-state index in [4.69, 9.17) is 17.7 Å². The predicted molar refractivity (Wildman–Crippen MR) is 104 cm³/mol. The quantitative estimate of drug-likeness (QED) is 0.540. The Labute approximate surface area is 165 Å². The number of ether oxygens (including phenoxy) is 2. The number of rotatable bonds is 5. The number of hydrogen-bond donors (Lipinski definition) is 0. The summed E-state index contributed by atoms with van der Waals surface area (Å²) in [6, 6.07) is 9.93. The van der Waals surface area contributed by atoms with E-state index in [1.807, 2.05) is 31.4 Å². The van der Waals surface area contributed by atoms with Crippen LogP contribution in [0, 0.1) is 0 Å². The van der Waals surface area contributed by atoms with Gasteiger partial charge >= 0.3 is 0 Å². The van der Waals surface area contributed by atoms with Crippen molar-refractivity contribution >= 4 is 11.0 Å². The largest absolute Gasteiger partial charge is 0.497 e. The highest BCUT2D eigenvalue weighted by molar-refractivity contribution is 5.77. The van der Waals surface area contributed by atoms with Crippen molar-refractivity contribution in [2.24, 2.45) is 7.05 Å². The first kappa shape index (κ1) is 11.3. The Morgan fingerprint density at radius 2 is 1.78 bits per heavy atom. The van der Waals surface area contributed by atoms with E-state index in [9.17, 15) is 0 Å². The van der Waals surface area contributed by atoms with Crippen molar-refractivity contribution in [1.82, 2.24) is 19.7 Å². The highest BCUT2D eigenvalue weighted by Crippen LogP contribution is 2.25. The van der Waals surface area contributed by atoms with E-state index in [0.29, 0.717) is 23.2 Å². The van der Waals surface area contributed by atoms with Gasteiger partial charge in [0.15, 0.2) is 0 Å². The summed E-state index contributed by atoms with van der Waals surface area (Å²) in [7, 11) is -3.54. The summed E-state index contributed by atoms with van der Waals surface area (Å²) in [6.45, 7) is 0. The van der Waals surface area contributed by atoms with E-state index in [0.717, 1.165) is 16.6 Å². The highest BCUT2D eigenvalue weighted by atomic mass is 16.5. The maximum absolute atomic E-state index is 7.33. The molecule has 6 nitrogen and oxygen atoms in total. The number of hydrogen-bond acceptors (Lipinski definition) is 5. The van der Waals surface area contributed by atoms with Crippen LogP contribution in [0.15, 0.2) is 55.0 Å². The van der Waals surface area contributed by atoms with Gasteiger partial charge in [0.1, 0.15) is 11.5 Å². The van der Waals surface area contributed by atoms with Crippen LogP contribution in [0.25, 0.3) is 22.3 Å². The molecule has 0 N–H and O–H groups in total. The number of aromatic nitrogens is 4. The zero-order valence-corrected chi connectivity index (χ0v) is 14.5. The molecule has 0 aliphatic carbocycles. The summed E-state index contributed by atoms with van der Waals surface area (Å²) < 4.78 is 55.6. The molecule has 0 saturated heterocycles. The second-order valence-electron chi connectivity index (χ2n) is 6.17. The molecule has 0 fully saturated rings. The van der Waals surface area contributed by atoms with Crippen LogP contribution in [-0.2, 0) is 13.5 Å². The molecular formula is C21H20N4O2. The molecule has 2 aromatic heterocycles. The zero-order chi connectivity index (χ0) is 23.8. The van der Waals surface area contributed by atoms with Crippen LogP contribution in [0.2, 0.25) is 0 Å². The van der Waals surface area contributed by atoms with E-state index in [-0.39, 0.29) is 11.5 Å². The summed E-state index contributed by atoms with van der Waals surface area (Å²) in [5, 5.41) is 4.16. The van der Waals surface area contributed by atoms with Crippen LogP contribution in [-0.4, -0.2) is 33.8 Å². The van der Waals surface area contributed by atoms with Crippen LogP contribution >= 0.6 is 0 Å². The Hall–Kier alpha value is -3.41. The Morgan fingerprint density at radius 1 is 0.963 bits per heavy atom. The molecule has 4 aromatic rings. The molecule has 0 bridgehead atoms. The standard InChI is InChI=1S/C21H20N4O2/c1-25-13-16(11-23-25)21-12-22-19-5-4-14(9-20(19)24-21)6-15-7-17(26-2)10-18(8-15)27-3/h4-5,7-13H,6H2,1-3H3/i2D3,3D3. The maximum atomic E-state index is 7.33. The zero-order valence-electron chi connectivity index (χ0n) is 20.5. The van der Waals surface area contributed by atoms with Crippen molar-refractivity contribution in [2.75, 3.05) is 14.1 Å². The van der Waals surface area contributed by atoms with Crippen molar-refractivity contribution in [2.45, 2.75) is 6.42 Å². The third-order valence-corrected chi connectivity index (χ3v) is 4.19. The van der Waals surface area contributed by atoms with E-state index in [1.165, 1.54) is 6.07 Å². The first-order chi connectivity index (χ1) is 15.4. The van der Waals surface area contributed by atoms with Gasteiger partial charge in [-0.25, -0.2) is 4.98 Å². The van der Waals surface area contributed by atoms with Gasteiger partial charge in [-0.1, -0.05) is 6.07 Å². The number of fused-ring (bicyclic) bond motifs is 1. The van der Waals surface area contributed by atoms with Crippen LogP contribution in [0.4, 0.5) is 0 Å². The monoisotopic (exact) mass is 366 g/mol. The smallest absolute Gasteiger partial charge is 0.122 e. The molecule has 4 rings (SSSR count). The Kier molecular flexibility index (Phi) is 2.97. The van der Waals surface area contributed by atoms with Gasteiger partial charge in [-0.3, -0.25) is 9.67 Å². The topological polar surface area (TPSA) is 62.1 Å². The van der Waals surface area contributed by atoms with Gasteiger partial charge in [0.05, 0.1) is 51.4 Å². The van der Waals surface area contributed by atoms with Gasteiger partial charge in [0, 0.05) is 24.9 Å². The van der Waals surface area contributed by atoms with Crippen molar-refractivity contribution < 1.29 is 17.7 Å². The molecule has 0 spiro atoms. The number of benzene rings is 2. The highest BCUT2D eigenvalue weighted by Gasteiger charge is 2.07. The minimum Gasteiger partial charge on any atom is -0.497 e. The SMILES string of the molecule is [2H]C([2H])([2H])Oc1cc(Cc2ccc3ncc(-c4cnn(C)c4)nc3c2)cc(OC([2H])([2H])[2H])c1. The van der Waals surface area contributed by atoms with E-state index < -0.39 is 14.1 Å². The average Bonchev–Trinajstić information content (AvgIpc) is 3.11. The van der Waals surface area contributed by atoms with Gasteiger partial charge in [0.2, 0.25) is 0 Å². The van der Waals surface area contributed by atoms with Crippen molar-refractivity contribution in [3.05, 3.63) is 66.1 Å². The fourth-order valence-electron chi connectivity index (χ4n) is 2.95. The van der Waals surface area contributed by atoms with Gasteiger partial charge in [-0.15, -0.1) is 0 Å². The van der Waals surface area contributed by atoms with E-state index in [1.54, 1.807) is 29.2 Å². The Morgan fingerprint density at radius 3 is 2.48 bits per heavy atom. The summed E-state index contributed by atoms with van der Waals surface area (Å²) in [4.78, 5) is 9.14. The van der Waals surface area contributed by atoms with Crippen molar-refractivity contribution in [3.63, 3.8) is 0 Å². The van der Waals surface area contributed by atoms with E-state index in [2.05, 4.69) is 15.1 Å². The van der Waals surface area contributed by atoms with Crippen LogP contribution in [0.5, 0.6) is 11.5 Å². The summed E-state index contributed by atoms with van der Waals surface area (Å²) in [5.41, 5.74) is 4.42. The number of nitrogens with zero attached hydrogens (tertiary/aromatic N) is 4. The molecule has 0 aliphatic rings. The van der Waals surface area contributed by atoms with Crippen molar-refractivity contribution in [3.8, 4) is 22.8 Å². The van der Waals surface area contributed by atoms with Gasteiger partial charge in [-0.05, 0) is 41.8 Å². The molecule has 2 heterocycles. The van der Waals surface area contributed by atoms with Gasteiger partial charge < -0.3 is 9.47 Å². The third kappa shape index (κ3) is 3.60. The first-order valence-electron chi connectivity index (χ1n) is 11.2. The molecule has 0 unspecified atom stereocenters. The fraction of sp³-hybridized carbons (Fsp3) is 0.190. The van der Waals surface area contributed by atoms with Crippen LogP contribution in [0.3, 0.4) is 0 Å². The molecule has 0 radical (unpaired) electrons. The second kappa shape index (κ2) is 7.07. The normalized spacial score (nSPS) is 15.1. The van der Waals surface area contributed by atoms with E-state index >= 15 is 0 Å². The molecule has 2 aromatic carbocycles. The molecule has 136 valence electrons. The molecule has 6 heteroatoms. The number of aryl methyl sites for hydroxylation is 1. The Balaban J connectivity index is 1.67. The lowest BCUT2D eigenvalue weighted by atomic mass is 10.0. The second-order valence-corrected chi connectivity index (χ2v) is 6.17. The van der Waals surface area contributed by atoms with Gasteiger partial charge in [-0.2, -0.15) is 5.10 Å². The van der Waals surface area contributed by atoms with Gasteiger partial charge in [0.25, 0.3) is 0 Å². The Bertz CT molecular complexity index is 1270. The molecule has 0 aliphatic heterocycles. The molecule has 0 amide bonds. The minimum absolute atomic E-state index is 0.00815. The minimum atomic E-state index is -2.68. The lowest BCUT2D eigenvalue weighted by molar-refractivity contribution is 0.393. The molecule has 0 saturated carbocycles. The summed E-state index contributed by atoms with van der Waals surface area (Å²) in [5.74, 6) is -0.0163. The third-order valence-electron chi connectivity index (χ3n) is 4.19. The molecular weight excluding hydrogens is 340 g/mol. The number of methoxy groups -OCH3 is 2. The summed E-state index contributed by atoms with van der Waals surface area (Å²) in [6.07, 6.45) is 5.61.